The summed E-state index contributed by atoms with van der Waals surface area (Å²) >= 11 is 1.74. The van der Waals surface area contributed by atoms with E-state index in [0.717, 1.165) is 13.0 Å². The molecule has 0 saturated carbocycles. The van der Waals surface area contributed by atoms with Gasteiger partial charge in [-0.15, -0.1) is 11.8 Å². The summed E-state index contributed by atoms with van der Waals surface area (Å²) in [4.78, 5) is 19.4. The summed E-state index contributed by atoms with van der Waals surface area (Å²) in [6.45, 7) is 0.747. The summed E-state index contributed by atoms with van der Waals surface area (Å²) in [6.07, 6.45) is 3.28. The van der Waals surface area contributed by atoms with Crippen molar-refractivity contribution >= 4 is 51.9 Å². The zero-order valence-electron chi connectivity index (χ0n) is 15.1. The fourth-order valence-corrected chi connectivity index (χ4v) is 4.88. The Morgan fingerprint density at radius 2 is 1.74 bits per heavy atom. The molecule has 1 aromatic heterocycles. The molecule has 0 aliphatic heterocycles. The smallest absolute Gasteiger partial charge is 0.325 e. The normalized spacial score (nSPS) is 12.4. The molecule has 0 amide bonds. The van der Waals surface area contributed by atoms with Crippen LogP contribution in [0.2, 0.25) is 0 Å². The molecule has 0 unspecified atom stereocenters. The van der Waals surface area contributed by atoms with Crippen LogP contribution in [0.25, 0.3) is 32.6 Å². The highest BCUT2D eigenvalue weighted by Gasteiger charge is 2.15. The minimum atomic E-state index is -3.92. The lowest BCUT2D eigenvalue weighted by Gasteiger charge is -2.09. The van der Waals surface area contributed by atoms with Crippen LogP contribution in [0, 0.1) is 0 Å². The topological polar surface area (TPSA) is 62.5 Å². The lowest BCUT2D eigenvalue weighted by atomic mass is 10.0. The van der Waals surface area contributed by atoms with E-state index in [0.29, 0.717) is 6.42 Å². The Bertz CT molecular complexity index is 1180. The lowest BCUT2D eigenvalue weighted by Crippen LogP contribution is -1.99. The third-order valence-corrected chi connectivity index (χ3v) is 6.67. The number of hydrogen-bond donors (Lipinski definition) is 2. The van der Waals surface area contributed by atoms with Crippen molar-refractivity contribution in [3.05, 3.63) is 54.6 Å². The number of fused-ring (bicyclic) bond motifs is 5. The molecule has 0 saturated heterocycles. The summed E-state index contributed by atoms with van der Waals surface area (Å²) in [5.41, 5.74) is 2.36. The van der Waals surface area contributed by atoms with Gasteiger partial charge in [0, 0.05) is 39.4 Å². The molecule has 3 aromatic carbocycles. The summed E-state index contributed by atoms with van der Waals surface area (Å²) in [6, 6.07) is 19.3. The number of aromatic nitrogens is 1. The average Bonchev–Trinajstić information content (AvgIpc) is 2.97. The highest BCUT2D eigenvalue weighted by Crippen LogP contribution is 2.38. The fourth-order valence-electron chi connectivity index (χ4n) is 3.80. The van der Waals surface area contributed by atoms with E-state index < -0.39 is 7.60 Å². The molecule has 0 radical (unpaired) electrons. The summed E-state index contributed by atoms with van der Waals surface area (Å²) in [7, 11) is -3.92. The van der Waals surface area contributed by atoms with Crippen LogP contribution in [0.1, 0.15) is 12.8 Å². The maximum atomic E-state index is 11.1. The van der Waals surface area contributed by atoms with Crippen molar-refractivity contribution < 1.29 is 14.4 Å². The van der Waals surface area contributed by atoms with E-state index in [2.05, 4.69) is 65.4 Å². The van der Waals surface area contributed by atoms with Crippen LogP contribution in [0.5, 0.6) is 0 Å². The highest BCUT2D eigenvalue weighted by molar-refractivity contribution is 7.98. The first-order valence-electron chi connectivity index (χ1n) is 9.00. The molecular formula is C21H22NO3PS. The van der Waals surface area contributed by atoms with Crippen LogP contribution < -0.4 is 0 Å². The molecule has 1 heterocycles. The third-order valence-electron chi connectivity index (χ3n) is 5.04. The predicted octanol–water partition coefficient (Wildman–Crippen LogP) is 5.63. The number of aryl methyl sites for hydroxylation is 1. The molecule has 0 aliphatic rings. The second-order valence-corrected chi connectivity index (χ2v) is 9.47. The SMILES string of the molecule is CSc1ccc2c(c1)c1c3ccccc3ccc1n2CCCCP(=O)(O)O. The minimum Gasteiger partial charge on any atom is -0.340 e. The molecule has 0 bridgehead atoms. The van der Waals surface area contributed by atoms with Crippen molar-refractivity contribution in [1.82, 2.24) is 4.57 Å². The van der Waals surface area contributed by atoms with Gasteiger partial charge in [-0.05, 0) is 54.1 Å². The van der Waals surface area contributed by atoms with Gasteiger partial charge in [0.1, 0.15) is 0 Å². The molecule has 0 aliphatic carbocycles. The first kappa shape index (κ1) is 18.6. The van der Waals surface area contributed by atoms with E-state index in [1.54, 1.807) is 11.8 Å². The van der Waals surface area contributed by atoms with Crippen LogP contribution in [0.15, 0.2) is 59.5 Å². The van der Waals surface area contributed by atoms with Crippen LogP contribution in [0.4, 0.5) is 0 Å². The second-order valence-electron chi connectivity index (χ2n) is 6.81. The molecule has 2 N–H and O–H groups in total. The largest absolute Gasteiger partial charge is 0.340 e. The van der Waals surface area contributed by atoms with Crippen LogP contribution >= 0.6 is 19.4 Å². The van der Waals surface area contributed by atoms with Crippen molar-refractivity contribution in [3.8, 4) is 0 Å². The Morgan fingerprint density at radius 3 is 2.52 bits per heavy atom. The quantitative estimate of drug-likeness (QED) is 0.251. The van der Waals surface area contributed by atoms with E-state index in [1.807, 2.05) is 0 Å². The summed E-state index contributed by atoms with van der Waals surface area (Å²) in [5, 5.41) is 4.96. The van der Waals surface area contributed by atoms with Crippen LogP contribution in [0.3, 0.4) is 0 Å². The van der Waals surface area contributed by atoms with E-state index in [9.17, 15) is 4.57 Å². The van der Waals surface area contributed by atoms with Crippen molar-refractivity contribution in [2.45, 2.75) is 24.3 Å². The molecule has 6 heteroatoms. The number of nitrogens with zero attached hydrogens (tertiary/aromatic N) is 1. The Labute approximate surface area is 162 Å². The maximum absolute atomic E-state index is 11.1. The number of hydrogen-bond acceptors (Lipinski definition) is 2. The molecule has 140 valence electrons. The van der Waals surface area contributed by atoms with E-state index >= 15 is 0 Å². The Morgan fingerprint density at radius 1 is 0.963 bits per heavy atom. The summed E-state index contributed by atoms with van der Waals surface area (Å²) < 4.78 is 13.4. The van der Waals surface area contributed by atoms with Crippen molar-refractivity contribution in [1.29, 1.82) is 0 Å². The third kappa shape index (κ3) is 3.65. The van der Waals surface area contributed by atoms with Gasteiger partial charge in [0.25, 0.3) is 0 Å². The predicted molar refractivity (Wildman–Crippen MR) is 115 cm³/mol. The van der Waals surface area contributed by atoms with Gasteiger partial charge in [-0.3, -0.25) is 4.57 Å². The zero-order valence-corrected chi connectivity index (χ0v) is 16.8. The van der Waals surface area contributed by atoms with Crippen molar-refractivity contribution in [2.24, 2.45) is 0 Å². The zero-order chi connectivity index (χ0) is 19.0. The average molecular weight is 399 g/mol. The number of thioether (sulfide) groups is 1. The van der Waals surface area contributed by atoms with Crippen molar-refractivity contribution in [2.75, 3.05) is 12.4 Å². The Balaban J connectivity index is 1.86. The Kier molecular flexibility index (Phi) is 5.04. The molecule has 4 aromatic rings. The molecular weight excluding hydrogens is 377 g/mol. The molecule has 0 spiro atoms. The first-order chi connectivity index (χ1) is 13.0. The lowest BCUT2D eigenvalue weighted by molar-refractivity contribution is 0.370. The minimum absolute atomic E-state index is 0.0519. The molecule has 27 heavy (non-hydrogen) atoms. The van der Waals surface area contributed by atoms with Gasteiger partial charge < -0.3 is 14.4 Å². The van der Waals surface area contributed by atoms with Gasteiger partial charge in [-0.2, -0.15) is 0 Å². The Hall–Kier alpha value is -1.78. The van der Waals surface area contributed by atoms with Gasteiger partial charge in [-0.25, -0.2) is 0 Å². The molecule has 4 rings (SSSR count). The van der Waals surface area contributed by atoms with Crippen LogP contribution in [-0.2, 0) is 11.1 Å². The highest BCUT2D eigenvalue weighted by atomic mass is 32.2. The molecule has 4 nitrogen and oxygen atoms in total. The standard InChI is InChI=1S/C21H22NO3PS/c1-27-16-9-11-19-18(14-16)21-17-7-3-2-6-15(17)8-10-20(21)22(19)12-4-5-13-26(23,24)25/h2-3,6-11,14H,4-5,12-13H2,1H3,(H2,23,24,25). The molecule has 0 atom stereocenters. The number of rotatable bonds is 6. The van der Waals surface area contributed by atoms with Gasteiger partial charge in [0.2, 0.25) is 0 Å². The van der Waals surface area contributed by atoms with Gasteiger partial charge in [0.05, 0.1) is 0 Å². The van der Waals surface area contributed by atoms with Gasteiger partial charge >= 0.3 is 7.60 Å². The first-order valence-corrected chi connectivity index (χ1v) is 12.0. The van der Waals surface area contributed by atoms with E-state index in [1.165, 1.54) is 37.5 Å². The number of benzene rings is 3. The van der Waals surface area contributed by atoms with Crippen molar-refractivity contribution in [3.63, 3.8) is 0 Å². The van der Waals surface area contributed by atoms with E-state index in [-0.39, 0.29) is 6.16 Å². The van der Waals surface area contributed by atoms with E-state index in [4.69, 9.17) is 9.79 Å². The molecule has 0 fully saturated rings. The number of unbranched alkanes of at least 4 members (excludes halogenated alkanes) is 1. The second kappa shape index (κ2) is 7.33. The van der Waals surface area contributed by atoms with Gasteiger partial charge in [0.15, 0.2) is 0 Å². The monoisotopic (exact) mass is 399 g/mol. The van der Waals surface area contributed by atoms with Gasteiger partial charge in [-0.1, -0.05) is 30.3 Å². The maximum Gasteiger partial charge on any atom is 0.325 e. The fraction of sp³-hybridized carbons (Fsp3) is 0.238. The summed E-state index contributed by atoms with van der Waals surface area (Å²) in [5.74, 6) is 0. The van der Waals surface area contributed by atoms with Crippen LogP contribution in [-0.4, -0.2) is 26.8 Å².